The molecular formula is C22H30N6O. The van der Waals surface area contributed by atoms with E-state index in [4.69, 9.17) is 15.0 Å². The van der Waals surface area contributed by atoms with Crippen molar-refractivity contribution in [2.45, 2.75) is 63.7 Å². The Labute approximate surface area is 171 Å². The molecule has 7 heteroatoms. The second kappa shape index (κ2) is 6.82. The van der Waals surface area contributed by atoms with Crippen molar-refractivity contribution in [3.8, 4) is 0 Å². The van der Waals surface area contributed by atoms with Crippen LogP contribution in [0.1, 0.15) is 60.4 Å². The molecule has 7 nitrogen and oxygen atoms in total. The number of hydrogen-bond donors (Lipinski definition) is 1. The van der Waals surface area contributed by atoms with E-state index in [2.05, 4.69) is 9.88 Å². The van der Waals surface area contributed by atoms with E-state index >= 15 is 0 Å². The summed E-state index contributed by atoms with van der Waals surface area (Å²) in [6.07, 6.45) is 8.56. The minimum atomic E-state index is -0.0304. The number of nitrogens with one attached hydrogen (secondary N) is 1. The van der Waals surface area contributed by atoms with Gasteiger partial charge in [-0.15, -0.1) is 0 Å². The van der Waals surface area contributed by atoms with Crippen molar-refractivity contribution in [3.63, 3.8) is 0 Å². The van der Waals surface area contributed by atoms with Crippen molar-refractivity contribution in [1.29, 1.82) is 0 Å². The Morgan fingerprint density at radius 1 is 1.00 bits per heavy atom. The number of aryl methyl sites for hydroxylation is 2. The van der Waals surface area contributed by atoms with Crippen LogP contribution in [0.25, 0.3) is 0 Å². The van der Waals surface area contributed by atoms with Crippen molar-refractivity contribution in [2.75, 3.05) is 37.0 Å². The number of anilines is 2. The van der Waals surface area contributed by atoms with Crippen LogP contribution in [0, 0.1) is 6.92 Å². The second-order valence-electron chi connectivity index (χ2n) is 9.16. The molecule has 0 aromatic carbocycles. The third-order valence-corrected chi connectivity index (χ3v) is 6.92. The maximum Gasteiger partial charge on any atom is 0.254 e. The van der Waals surface area contributed by atoms with Crippen LogP contribution >= 0.6 is 0 Å². The highest BCUT2D eigenvalue weighted by Gasteiger charge is 2.45. The molecule has 1 atom stereocenters. The molecule has 1 unspecified atom stereocenters. The topological polar surface area (TPSA) is 78.0 Å². The summed E-state index contributed by atoms with van der Waals surface area (Å²) in [5.41, 5.74) is 4.53. The Balaban J connectivity index is 1.57. The van der Waals surface area contributed by atoms with Crippen LogP contribution in [0.15, 0.2) is 4.79 Å². The molecule has 0 saturated carbocycles. The van der Waals surface area contributed by atoms with Crippen LogP contribution in [-0.2, 0) is 24.7 Å². The third kappa shape index (κ3) is 3.02. The molecule has 0 radical (unpaired) electrons. The summed E-state index contributed by atoms with van der Waals surface area (Å²) >= 11 is 0. The summed E-state index contributed by atoms with van der Waals surface area (Å²) in [6.45, 7) is 3.79. The molecule has 3 heterocycles. The number of aromatic amines is 1. The van der Waals surface area contributed by atoms with E-state index in [0.717, 1.165) is 80.5 Å². The Bertz CT molecular complexity index is 1010. The molecule has 1 aliphatic heterocycles. The van der Waals surface area contributed by atoms with Gasteiger partial charge in [-0.3, -0.25) is 4.79 Å². The predicted octanol–water partition coefficient (Wildman–Crippen LogP) is 2.30. The van der Waals surface area contributed by atoms with E-state index < -0.39 is 0 Å². The number of piperidine rings is 1. The first-order valence-electron chi connectivity index (χ1n) is 10.9. The molecule has 2 aliphatic carbocycles. The van der Waals surface area contributed by atoms with Gasteiger partial charge in [0, 0.05) is 43.7 Å². The maximum atomic E-state index is 12.5. The number of nitrogens with zero attached hydrogens (tertiary/aromatic N) is 5. The highest BCUT2D eigenvalue weighted by atomic mass is 16.1. The summed E-state index contributed by atoms with van der Waals surface area (Å²) in [4.78, 5) is 34.5. The molecule has 1 fully saturated rings. The minimum absolute atomic E-state index is 0.0304. The molecule has 2 aromatic rings. The van der Waals surface area contributed by atoms with Gasteiger partial charge in [0.15, 0.2) is 0 Å². The lowest BCUT2D eigenvalue weighted by molar-refractivity contribution is 0.332. The molecule has 1 spiro atoms. The SMILES string of the molecule is Cc1nc2c(c(=O)[nH]1)CCC21CCCN(c2nc(N(C)C)nc3c2CCCC3)C1. The zero-order valence-corrected chi connectivity index (χ0v) is 17.7. The van der Waals surface area contributed by atoms with Gasteiger partial charge in [-0.25, -0.2) is 9.97 Å². The van der Waals surface area contributed by atoms with Crippen LogP contribution in [0.4, 0.5) is 11.8 Å². The quantitative estimate of drug-likeness (QED) is 0.842. The van der Waals surface area contributed by atoms with E-state index in [0.29, 0.717) is 0 Å². The maximum absolute atomic E-state index is 12.5. The molecular weight excluding hydrogens is 364 g/mol. The Morgan fingerprint density at radius 3 is 2.66 bits per heavy atom. The van der Waals surface area contributed by atoms with Crippen molar-refractivity contribution < 1.29 is 0 Å². The molecule has 0 amide bonds. The van der Waals surface area contributed by atoms with Gasteiger partial charge in [-0.1, -0.05) is 0 Å². The predicted molar refractivity (Wildman–Crippen MR) is 114 cm³/mol. The third-order valence-electron chi connectivity index (χ3n) is 6.92. The number of hydrogen-bond acceptors (Lipinski definition) is 6. The smallest absolute Gasteiger partial charge is 0.254 e. The van der Waals surface area contributed by atoms with Crippen LogP contribution in [0.5, 0.6) is 0 Å². The van der Waals surface area contributed by atoms with Crippen molar-refractivity contribution in [1.82, 2.24) is 19.9 Å². The van der Waals surface area contributed by atoms with Gasteiger partial charge in [0.1, 0.15) is 11.6 Å². The van der Waals surface area contributed by atoms with Crippen molar-refractivity contribution in [3.05, 3.63) is 38.7 Å². The van der Waals surface area contributed by atoms with Gasteiger partial charge in [0.25, 0.3) is 5.56 Å². The van der Waals surface area contributed by atoms with E-state index in [-0.39, 0.29) is 11.0 Å². The highest BCUT2D eigenvalue weighted by Crippen LogP contribution is 2.44. The standard InChI is InChI=1S/C22H30N6O/c1-14-23-18-16(20(29)24-14)9-11-22(18)10-6-12-28(13-22)19-15-7-4-5-8-17(15)25-21(26-19)27(2)3/h4-13H2,1-3H3,(H,23,24,29). The summed E-state index contributed by atoms with van der Waals surface area (Å²) in [5.74, 6) is 2.64. The number of rotatable bonds is 2. The normalized spacial score (nSPS) is 23.2. The van der Waals surface area contributed by atoms with E-state index in [1.54, 1.807) is 0 Å². The molecule has 1 N–H and O–H groups in total. The average molecular weight is 395 g/mol. The van der Waals surface area contributed by atoms with Gasteiger partial charge >= 0.3 is 0 Å². The van der Waals surface area contributed by atoms with E-state index in [1.165, 1.54) is 24.1 Å². The van der Waals surface area contributed by atoms with Gasteiger partial charge in [-0.05, 0) is 58.3 Å². The average Bonchev–Trinajstić information content (AvgIpc) is 3.05. The fourth-order valence-electron chi connectivity index (χ4n) is 5.50. The molecule has 5 rings (SSSR count). The summed E-state index contributed by atoms with van der Waals surface area (Å²) in [7, 11) is 4.02. The largest absolute Gasteiger partial charge is 0.355 e. The van der Waals surface area contributed by atoms with Gasteiger partial charge in [0.05, 0.1) is 11.4 Å². The minimum Gasteiger partial charge on any atom is -0.355 e. The van der Waals surface area contributed by atoms with Crippen LogP contribution in [0.3, 0.4) is 0 Å². The van der Waals surface area contributed by atoms with Gasteiger partial charge < -0.3 is 14.8 Å². The number of aromatic nitrogens is 4. The summed E-state index contributed by atoms with van der Waals surface area (Å²) in [6, 6.07) is 0. The first kappa shape index (κ1) is 18.6. The first-order valence-corrected chi connectivity index (χ1v) is 10.9. The molecule has 29 heavy (non-hydrogen) atoms. The number of fused-ring (bicyclic) bond motifs is 3. The lowest BCUT2D eigenvalue weighted by Gasteiger charge is -2.42. The summed E-state index contributed by atoms with van der Waals surface area (Å²) in [5, 5.41) is 0. The van der Waals surface area contributed by atoms with Crippen molar-refractivity contribution >= 4 is 11.8 Å². The number of H-pyrrole nitrogens is 1. The molecule has 154 valence electrons. The zero-order valence-electron chi connectivity index (χ0n) is 17.7. The Kier molecular flexibility index (Phi) is 4.37. The van der Waals surface area contributed by atoms with Crippen LogP contribution in [-0.4, -0.2) is 47.1 Å². The summed E-state index contributed by atoms with van der Waals surface area (Å²) < 4.78 is 0. The Hall–Kier alpha value is -2.44. The molecule has 3 aliphatic rings. The van der Waals surface area contributed by atoms with E-state index in [9.17, 15) is 4.79 Å². The molecule has 2 aromatic heterocycles. The lowest BCUT2D eigenvalue weighted by atomic mass is 9.77. The lowest BCUT2D eigenvalue weighted by Crippen LogP contribution is -2.46. The Morgan fingerprint density at radius 2 is 1.83 bits per heavy atom. The highest BCUT2D eigenvalue weighted by molar-refractivity contribution is 5.55. The fraction of sp³-hybridized carbons (Fsp3) is 0.636. The first-order chi connectivity index (χ1) is 14.0. The van der Waals surface area contributed by atoms with Gasteiger partial charge in [-0.2, -0.15) is 4.98 Å². The van der Waals surface area contributed by atoms with Gasteiger partial charge in [0.2, 0.25) is 5.95 Å². The van der Waals surface area contributed by atoms with Crippen molar-refractivity contribution in [2.24, 2.45) is 0 Å². The molecule has 1 saturated heterocycles. The fourth-order valence-corrected chi connectivity index (χ4v) is 5.50. The molecule has 0 bridgehead atoms. The van der Waals surface area contributed by atoms with Crippen LogP contribution in [0.2, 0.25) is 0 Å². The van der Waals surface area contributed by atoms with Crippen LogP contribution < -0.4 is 15.4 Å². The zero-order chi connectivity index (χ0) is 20.2. The van der Waals surface area contributed by atoms with E-state index in [1.807, 2.05) is 25.9 Å². The monoisotopic (exact) mass is 394 g/mol. The second-order valence-corrected chi connectivity index (χ2v) is 9.16.